The molecule has 20 rings (SSSR count). The molecule has 0 amide bonds. The molecule has 0 radical (unpaired) electrons. The van der Waals surface area contributed by atoms with Gasteiger partial charge in [0, 0.05) is 27.8 Å². The molecule has 0 saturated heterocycles. The lowest BCUT2D eigenvalue weighted by atomic mass is 10.0. The smallest absolute Gasteiger partial charge is 0.205 e. The van der Waals surface area contributed by atoms with Crippen LogP contribution < -0.4 is 23.4 Å². The zero-order valence-corrected chi connectivity index (χ0v) is 57.3. The van der Waals surface area contributed by atoms with E-state index in [9.17, 15) is 26.3 Å². The van der Waals surface area contributed by atoms with Crippen molar-refractivity contribution in [1.29, 1.82) is 26.3 Å². The molecule has 0 bridgehead atoms. The Bertz CT molecular complexity index is 6900. The highest BCUT2D eigenvalue weighted by atomic mass is 15.4. The number of para-hydroxylation sites is 2. The van der Waals surface area contributed by atoms with Crippen molar-refractivity contribution in [2.75, 3.05) is 0 Å². The van der Waals surface area contributed by atoms with E-state index in [4.69, 9.17) is 32.9 Å². The van der Waals surface area contributed by atoms with Crippen LogP contribution in [-0.2, 0) is 32.7 Å². The SMILES string of the molecule is [C-]#[N+]c1ccc2c(c[n+]3n2-c2c(C)cccc2C3)c1C#N.[C-]#[N+]c1ccc2c(c[n+]3n2-c2cc(C)c(C)cc2C3)c1C#N.[C-]#[N+]c1ccc2c(c[n+]3n2-c2cc(C)ccc2C3)c1C#N.[C-]#[N+]c1ccc2c(c[n+]3n2-c2ccc(C)cc2C3)c1C#N.[C-]#[N+]c1ccc2c(c[n+]3n2-c2ccccc2C3)c1C#N. The second-order valence-electron chi connectivity index (χ2n) is 26.3. The van der Waals surface area contributed by atoms with Crippen LogP contribution in [0.5, 0.6) is 0 Å². The van der Waals surface area contributed by atoms with E-state index in [0.717, 1.165) is 110 Å². The molecular formula is C85H55N20+5. The van der Waals surface area contributed by atoms with Crippen LogP contribution in [0, 0.1) is 124 Å². The number of benzene rings is 10. The van der Waals surface area contributed by atoms with Crippen molar-refractivity contribution < 1.29 is 23.4 Å². The molecule has 490 valence electrons. The number of hydrogen-bond donors (Lipinski definition) is 0. The molecule has 20 heteroatoms. The molecule has 15 aromatic rings. The third kappa shape index (κ3) is 10.1. The van der Waals surface area contributed by atoms with E-state index in [1.165, 1.54) is 61.3 Å². The maximum absolute atomic E-state index is 9.40. The van der Waals surface area contributed by atoms with Crippen molar-refractivity contribution in [2.45, 2.75) is 67.3 Å². The predicted molar refractivity (Wildman–Crippen MR) is 391 cm³/mol. The van der Waals surface area contributed by atoms with Crippen molar-refractivity contribution in [3.8, 4) is 58.8 Å². The van der Waals surface area contributed by atoms with Crippen molar-refractivity contribution in [3.05, 3.63) is 323 Å². The minimum atomic E-state index is 0.415. The lowest BCUT2D eigenvalue weighted by Crippen LogP contribution is -2.36. The van der Waals surface area contributed by atoms with Crippen molar-refractivity contribution in [3.63, 3.8) is 0 Å². The summed E-state index contributed by atoms with van der Waals surface area (Å²) in [5.41, 5.74) is 27.7. The van der Waals surface area contributed by atoms with Gasteiger partial charge in [-0.15, -0.1) is 46.8 Å². The van der Waals surface area contributed by atoms with Gasteiger partial charge >= 0.3 is 0 Å². The first-order valence-corrected chi connectivity index (χ1v) is 33.4. The quantitative estimate of drug-likeness (QED) is 0.108. The first-order chi connectivity index (χ1) is 51.2. The van der Waals surface area contributed by atoms with Gasteiger partial charge in [0.15, 0.2) is 32.7 Å². The topological polar surface area (TPSA) is 185 Å². The van der Waals surface area contributed by atoms with E-state index in [-0.39, 0.29) is 0 Å². The summed E-state index contributed by atoms with van der Waals surface area (Å²) in [5, 5.41) is 51.1. The number of rotatable bonds is 0. The van der Waals surface area contributed by atoms with Crippen LogP contribution in [0.3, 0.4) is 0 Å². The molecule has 105 heavy (non-hydrogen) atoms. The summed E-state index contributed by atoms with van der Waals surface area (Å²) >= 11 is 0. The minimum absolute atomic E-state index is 0.415. The van der Waals surface area contributed by atoms with Gasteiger partial charge in [0.05, 0.1) is 118 Å². The zero-order chi connectivity index (χ0) is 72.8. The second kappa shape index (κ2) is 25.0. The van der Waals surface area contributed by atoms with E-state index in [1.807, 2.05) is 73.4 Å². The van der Waals surface area contributed by atoms with Crippen molar-refractivity contribution in [1.82, 2.24) is 23.4 Å². The van der Waals surface area contributed by atoms with E-state index >= 15 is 0 Å². The Morgan fingerprint density at radius 2 is 0.619 bits per heavy atom. The van der Waals surface area contributed by atoms with Gasteiger partial charge in [-0.25, -0.2) is 24.2 Å². The Hall–Kier alpha value is -15.6. The highest BCUT2D eigenvalue weighted by Gasteiger charge is 2.36. The Kier molecular flexibility index (Phi) is 15.3. The number of aromatic nitrogens is 10. The molecule has 5 aliphatic rings. The largest absolute Gasteiger partial charge is 0.237 e. The molecule has 20 nitrogen and oxygen atoms in total. The third-order valence-electron chi connectivity index (χ3n) is 20.2. The summed E-state index contributed by atoms with van der Waals surface area (Å²) in [7, 11) is 0. The van der Waals surface area contributed by atoms with Crippen LogP contribution in [0.1, 0.15) is 83.5 Å². The lowest BCUT2D eigenvalue weighted by molar-refractivity contribution is -0.749. The predicted octanol–water partition coefficient (Wildman–Crippen LogP) is 15.1. The summed E-state index contributed by atoms with van der Waals surface area (Å²) in [6.07, 6.45) is 9.85. The number of nitrogens with zero attached hydrogens (tertiary/aromatic N) is 20. The molecule has 0 saturated carbocycles. The Labute approximate surface area is 602 Å². The zero-order valence-electron chi connectivity index (χ0n) is 57.3. The van der Waals surface area contributed by atoms with Gasteiger partial charge in [-0.05, 0) is 124 Å². The van der Waals surface area contributed by atoms with Crippen LogP contribution in [0.4, 0.5) is 28.4 Å². The summed E-state index contributed by atoms with van der Waals surface area (Å²) in [5.74, 6) is 0. The van der Waals surface area contributed by atoms with E-state index in [0.29, 0.717) is 56.3 Å². The van der Waals surface area contributed by atoms with Gasteiger partial charge < -0.3 is 0 Å². The fourth-order valence-corrected chi connectivity index (χ4v) is 15.4. The van der Waals surface area contributed by atoms with Gasteiger partial charge in [0.25, 0.3) is 0 Å². The van der Waals surface area contributed by atoms with Crippen molar-refractivity contribution >= 4 is 83.0 Å². The number of fused-ring (bicyclic) bond motifs is 25. The lowest BCUT2D eigenvalue weighted by Gasteiger charge is -2.04. The molecular weight excluding hydrogens is 1300 g/mol. The van der Waals surface area contributed by atoms with Gasteiger partial charge in [0.2, 0.25) is 59.4 Å². The molecule has 0 spiro atoms. The fourth-order valence-electron chi connectivity index (χ4n) is 15.4. The second-order valence-corrected chi connectivity index (χ2v) is 26.3. The van der Waals surface area contributed by atoms with Crippen LogP contribution in [0.25, 0.3) is 107 Å². The van der Waals surface area contributed by atoms with Gasteiger partial charge in [0.1, 0.15) is 56.0 Å². The van der Waals surface area contributed by atoms with Crippen LogP contribution in [0.2, 0.25) is 0 Å². The van der Waals surface area contributed by atoms with E-state index in [1.54, 1.807) is 30.3 Å². The van der Waals surface area contributed by atoms with Crippen LogP contribution in [-0.4, -0.2) is 23.4 Å². The molecule has 0 atom stereocenters. The molecule has 10 heterocycles. The molecule has 5 aliphatic heterocycles. The number of nitriles is 5. The maximum Gasteiger partial charge on any atom is 0.205 e. The fraction of sp³-hybridized carbons (Fsp3) is 0.118. The van der Waals surface area contributed by atoms with Gasteiger partial charge in [-0.2, -0.15) is 26.3 Å². The monoisotopic (exact) mass is 1360 g/mol. The third-order valence-corrected chi connectivity index (χ3v) is 20.2. The summed E-state index contributed by atoms with van der Waals surface area (Å²) in [4.78, 5) is 17.2. The molecule has 0 fully saturated rings. The highest BCUT2D eigenvalue weighted by Crippen LogP contribution is 2.38. The highest BCUT2D eigenvalue weighted by molar-refractivity contribution is 5.95. The average molecular weight is 1360 g/mol. The van der Waals surface area contributed by atoms with Crippen LogP contribution >= 0.6 is 0 Å². The first kappa shape index (κ1) is 64.1. The first-order valence-electron chi connectivity index (χ1n) is 33.4. The minimum Gasteiger partial charge on any atom is -0.237 e. The van der Waals surface area contributed by atoms with Crippen molar-refractivity contribution in [2.24, 2.45) is 0 Å². The Morgan fingerprint density at radius 1 is 0.295 bits per heavy atom. The van der Waals surface area contributed by atoms with Gasteiger partial charge in [-0.3, -0.25) is 0 Å². The van der Waals surface area contributed by atoms with E-state index in [2.05, 4.69) is 215 Å². The maximum atomic E-state index is 9.40. The molecule has 0 unspecified atom stereocenters. The molecule has 0 aliphatic carbocycles. The normalized spacial score (nSPS) is 11.8. The number of hydrogen-bond acceptors (Lipinski definition) is 5. The average Bonchev–Trinajstić information content (AvgIpc) is 1.72. The molecule has 0 N–H and O–H groups in total. The van der Waals surface area contributed by atoms with Crippen LogP contribution in [0.15, 0.2) is 183 Å². The molecule has 10 aromatic carbocycles. The summed E-state index contributed by atoms with van der Waals surface area (Å²) in [6.45, 7) is 50.4. The molecule has 5 aromatic heterocycles. The standard InChI is InChI=1S/C18H13N4.3C17H11N4.C16H9N4/c1-11-6-13-9-21-10-15-14(8-19)16(20-3)4-5-17(15)22(21)18(13)7-12(11)2;1-11-3-5-16-12(7-11)9-20-10-14-13(8-18)15(19-2)4-6-17(14)21(16)20;1-11-3-4-12-9-20-10-14-13(8-18)15(19-2)5-6-16(14)21(20)17(12)7-11;1-11-4-3-5-12-9-20-10-14-13(8-18)15(19-2)6-7-16(14)21(20)17(11)12;1-18-14-6-7-16-13(12(14)8-17)10-19-9-11-4-2-3-5-15(11)20(16)19/h4-7,10H,9H2,1-2H3;3*3-7,10H,9H2,1H3;2-7,10H,9H2/q5*+1. The van der Waals surface area contributed by atoms with Gasteiger partial charge in [-0.1, -0.05) is 90.5 Å². The number of aryl methyl sites for hydroxylation is 5. The summed E-state index contributed by atoms with van der Waals surface area (Å²) < 4.78 is 21.2. The summed E-state index contributed by atoms with van der Waals surface area (Å²) in [6, 6.07) is 61.0. The Morgan fingerprint density at radius 3 is 1.06 bits per heavy atom. The van der Waals surface area contributed by atoms with E-state index < -0.39 is 0 Å². The Balaban J connectivity index is 0.000000101.